The number of thioether (sulfide) groups is 1. The summed E-state index contributed by atoms with van der Waals surface area (Å²) in [6.45, 7) is 1.98. The molecule has 1 aromatic heterocycles. The monoisotopic (exact) mass is 321 g/mol. The van der Waals surface area contributed by atoms with Crippen molar-refractivity contribution in [2.45, 2.75) is 23.7 Å². The van der Waals surface area contributed by atoms with Gasteiger partial charge in [-0.05, 0) is 24.6 Å². The Hall–Kier alpha value is -1.88. The van der Waals surface area contributed by atoms with E-state index in [0.717, 1.165) is 27.6 Å². The molecule has 1 N–H and O–H groups in total. The molecule has 0 atom stereocenters. The molecule has 0 aliphatic heterocycles. The van der Waals surface area contributed by atoms with E-state index in [4.69, 9.17) is 0 Å². The summed E-state index contributed by atoms with van der Waals surface area (Å²) in [5.74, 6) is 0.507. The summed E-state index contributed by atoms with van der Waals surface area (Å²) in [6, 6.07) is 13.4. The molecule has 114 valence electrons. The lowest BCUT2D eigenvalue weighted by atomic mass is 10.1. The molecule has 22 heavy (non-hydrogen) atoms. The molecule has 0 radical (unpaired) electrons. The number of halogens is 3. The number of aromatic nitrogens is 1. The van der Waals surface area contributed by atoms with Gasteiger partial charge in [0.1, 0.15) is 0 Å². The first kappa shape index (κ1) is 15.0. The fourth-order valence-corrected chi connectivity index (χ4v) is 3.52. The zero-order valence-electron chi connectivity index (χ0n) is 11.9. The maximum absolute atomic E-state index is 12.7. The topological polar surface area (TPSA) is 15.8 Å². The van der Waals surface area contributed by atoms with Gasteiger partial charge in [-0.1, -0.05) is 36.4 Å². The van der Waals surface area contributed by atoms with Gasteiger partial charge in [0.05, 0.1) is 5.56 Å². The number of aromatic amines is 1. The lowest BCUT2D eigenvalue weighted by Crippen LogP contribution is -2.04. The second kappa shape index (κ2) is 5.72. The second-order valence-corrected chi connectivity index (χ2v) is 6.10. The fraction of sp³-hybridized carbons (Fsp3) is 0.176. The Balaban J connectivity index is 1.84. The number of benzene rings is 2. The van der Waals surface area contributed by atoms with Crippen LogP contribution in [-0.4, -0.2) is 4.98 Å². The van der Waals surface area contributed by atoms with Gasteiger partial charge in [-0.3, -0.25) is 0 Å². The Labute approximate surface area is 130 Å². The van der Waals surface area contributed by atoms with E-state index in [9.17, 15) is 13.2 Å². The molecule has 2 aromatic carbocycles. The average Bonchev–Trinajstić information content (AvgIpc) is 2.80. The maximum Gasteiger partial charge on any atom is 0.416 e. The molecule has 0 amide bonds. The molecule has 0 fully saturated rings. The third-order valence-corrected chi connectivity index (χ3v) is 4.76. The highest BCUT2D eigenvalue weighted by Gasteiger charge is 2.30. The van der Waals surface area contributed by atoms with Gasteiger partial charge < -0.3 is 4.98 Å². The number of rotatable bonds is 3. The Morgan fingerprint density at radius 2 is 1.82 bits per heavy atom. The van der Waals surface area contributed by atoms with Crippen molar-refractivity contribution in [2.24, 2.45) is 0 Å². The second-order valence-electron chi connectivity index (χ2n) is 5.11. The largest absolute Gasteiger partial charge is 0.416 e. The van der Waals surface area contributed by atoms with Crippen LogP contribution in [0.2, 0.25) is 0 Å². The van der Waals surface area contributed by atoms with E-state index in [1.165, 1.54) is 12.1 Å². The minimum atomic E-state index is -4.29. The molecule has 0 aliphatic carbocycles. The number of nitrogens with one attached hydrogen (secondary N) is 1. The molecular formula is C17H14F3NS. The van der Waals surface area contributed by atoms with Crippen LogP contribution in [0.5, 0.6) is 0 Å². The maximum atomic E-state index is 12.7. The van der Waals surface area contributed by atoms with Crippen molar-refractivity contribution in [1.29, 1.82) is 0 Å². The normalized spacial score (nSPS) is 12.0. The predicted molar refractivity (Wildman–Crippen MR) is 84.0 cm³/mol. The van der Waals surface area contributed by atoms with Crippen LogP contribution in [0, 0.1) is 6.92 Å². The average molecular weight is 321 g/mol. The van der Waals surface area contributed by atoms with Crippen molar-refractivity contribution >= 4 is 22.7 Å². The predicted octanol–water partition coefficient (Wildman–Crippen LogP) is 5.79. The molecule has 0 saturated carbocycles. The third kappa shape index (κ3) is 2.99. The highest BCUT2D eigenvalue weighted by Crippen LogP contribution is 2.35. The van der Waals surface area contributed by atoms with Gasteiger partial charge in [0.2, 0.25) is 0 Å². The van der Waals surface area contributed by atoms with Crippen LogP contribution in [-0.2, 0) is 11.9 Å². The first-order chi connectivity index (χ1) is 10.4. The SMILES string of the molecule is Cc1[nH]c2ccccc2c1SCc1cccc(C(F)(F)F)c1. The van der Waals surface area contributed by atoms with Crippen molar-refractivity contribution in [1.82, 2.24) is 4.98 Å². The number of aryl methyl sites for hydroxylation is 1. The Morgan fingerprint density at radius 3 is 2.59 bits per heavy atom. The lowest BCUT2D eigenvalue weighted by Gasteiger charge is -2.08. The van der Waals surface area contributed by atoms with Crippen molar-refractivity contribution in [3.63, 3.8) is 0 Å². The van der Waals surface area contributed by atoms with Gasteiger partial charge in [-0.2, -0.15) is 13.2 Å². The Morgan fingerprint density at radius 1 is 1.05 bits per heavy atom. The van der Waals surface area contributed by atoms with E-state index >= 15 is 0 Å². The van der Waals surface area contributed by atoms with Crippen molar-refractivity contribution in [3.8, 4) is 0 Å². The fourth-order valence-electron chi connectivity index (χ4n) is 2.43. The molecule has 0 aliphatic rings. The number of hydrogen-bond donors (Lipinski definition) is 1. The number of fused-ring (bicyclic) bond motifs is 1. The van der Waals surface area contributed by atoms with Gasteiger partial charge in [-0.25, -0.2) is 0 Å². The zero-order valence-corrected chi connectivity index (χ0v) is 12.7. The van der Waals surface area contributed by atoms with Crippen LogP contribution in [0.4, 0.5) is 13.2 Å². The molecule has 3 rings (SSSR count). The molecule has 5 heteroatoms. The molecule has 0 unspecified atom stereocenters. The minimum absolute atomic E-state index is 0.507. The summed E-state index contributed by atoms with van der Waals surface area (Å²) in [5, 5.41) is 1.11. The van der Waals surface area contributed by atoms with Crippen LogP contribution in [0.15, 0.2) is 53.4 Å². The van der Waals surface area contributed by atoms with E-state index in [2.05, 4.69) is 4.98 Å². The number of para-hydroxylation sites is 1. The van der Waals surface area contributed by atoms with Gasteiger partial charge >= 0.3 is 6.18 Å². The van der Waals surface area contributed by atoms with Gasteiger partial charge in [-0.15, -0.1) is 11.8 Å². The van der Waals surface area contributed by atoms with Gasteiger partial charge in [0.15, 0.2) is 0 Å². The van der Waals surface area contributed by atoms with E-state index in [1.807, 2.05) is 31.2 Å². The molecule has 1 heterocycles. The third-order valence-electron chi connectivity index (χ3n) is 3.47. The first-order valence-electron chi connectivity index (χ1n) is 6.81. The summed E-state index contributed by atoms with van der Waals surface area (Å²) >= 11 is 1.56. The molecule has 3 aromatic rings. The Bertz CT molecular complexity index is 805. The van der Waals surface area contributed by atoms with Crippen LogP contribution in [0.25, 0.3) is 10.9 Å². The standard InChI is InChI=1S/C17H14F3NS/c1-11-16(14-7-2-3-8-15(14)21-11)22-10-12-5-4-6-13(9-12)17(18,19)20/h2-9,21H,10H2,1H3. The number of hydrogen-bond acceptors (Lipinski definition) is 1. The van der Waals surface area contributed by atoms with E-state index in [0.29, 0.717) is 11.3 Å². The van der Waals surface area contributed by atoms with Crippen LogP contribution in [0.1, 0.15) is 16.8 Å². The van der Waals surface area contributed by atoms with Crippen LogP contribution >= 0.6 is 11.8 Å². The smallest absolute Gasteiger partial charge is 0.358 e. The molecule has 1 nitrogen and oxygen atoms in total. The van der Waals surface area contributed by atoms with Crippen molar-refractivity contribution in [3.05, 3.63) is 65.4 Å². The molecule has 0 bridgehead atoms. The highest BCUT2D eigenvalue weighted by atomic mass is 32.2. The summed E-state index contributed by atoms with van der Waals surface area (Å²) in [4.78, 5) is 4.39. The summed E-state index contributed by atoms with van der Waals surface area (Å²) < 4.78 is 38.2. The quantitative estimate of drug-likeness (QED) is 0.604. The number of alkyl halides is 3. The van der Waals surface area contributed by atoms with Crippen molar-refractivity contribution < 1.29 is 13.2 Å². The summed E-state index contributed by atoms with van der Waals surface area (Å²) in [6.07, 6.45) is -4.29. The van der Waals surface area contributed by atoms with E-state index < -0.39 is 11.7 Å². The van der Waals surface area contributed by atoms with E-state index in [-0.39, 0.29) is 0 Å². The number of H-pyrrole nitrogens is 1. The van der Waals surface area contributed by atoms with Crippen molar-refractivity contribution in [2.75, 3.05) is 0 Å². The van der Waals surface area contributed by atoms with Crippen LogP contribution < -0.4 is 0 Å². The van der Waals surface area contributed by atoms with Gasteiger partial charge in [0, 0.05) is 27.2 Å². The first-order valence-corrected chi connectivity index (χ1v) is 7.80. The molecule has 0 spiro atoms. The zero-order chi connectivity index (χ0) is 15.7. The minimum Gasteiger partial charge on any atom is -0.358 e. The lowest BCUT2D eigenvalue weighted by molar-refractivity contribution is -0.137. The van der Waals surface area contributed by atoms with Gasteiger partial charge in [0.25, 0.3) is 0 Å². The summed E-state index contributed by atoms with van der Waals surface area (Å²) in [7, 11) is 0. The summed E-state index contributed by atoms with van der Waals surface area (Å²) in [5.41, 5.74) is 2.16. The highest BCUT2D eigenvalue weighted by molar-refractivity contribution is 7.98. The molecule has 0 saturated heterocycles. The van der Waals surface area contributed by atoms with Crippen LogP contribution in [0.3, 0.4) is 0 Å². The Kier molecular flexibility index (Phi) is 3.91. The van der Waals surface area contributed by atoms with E-state index in [1.54, 1.807) is 17.8 Å². The molecular weight excluding hydrogens is 307 g/mol.